The molecule has 170 valence electrons. The van der Waals surface area contributed by atoms with Crippen LogP contribution in [0.2, 0.25) is 0 Å². The largest absolute Gasteiger partial charge is 0.387 e. The van der Waals surface area contributed by atoms with Crippen LogP contribution in [-0.2, 0) is 16.1 Å². The molecule has 1 amide bonds. The number of halogens is 1. The predicted octanol–water partition coefficient (Wildman–Crippen LogP) is 0.448. The molecule has 3 heterocycles. The summed E-state index contributed by atoms with van der Waals surface area (Å²) in [6.07, 6.45) is -3.03. The summed E-state index contributed by atoms with van der Waals surface area (Å²) < 4.78 is 8.27. The topological polar surface area (TPSA) is 155 Å². The maximum atomic E-state index is 10.6. The van der Waals surface area contributed by atoms with E-state index in [9.17, 15) is 20.1 Å². The highest BCUT2D eigenvalue weighted by Gasteiger charge is 2.47. The number of carbonyl (C=O) groups is 1. The van der Waals surface area contributed by atoms with Gasteiger partial charge < -0.3 is 30.7 Å². The van der Waals surface area contributed by atoms with Gasteiger partial charge in [-0.1, -0.05) is 23.9 Å². The smallest absolute Gasteiger partial charge is 0.209 e. The molecule has 1 aromatic carbocycles. The van der Waals surface area contributed by atoms with Crippen LogP contribution in [0.4, 0.5) is 5.82 Å². The number of aliphatic hydroxyl groups excluding tert-OH is 3. The number of aliphatic hydroxyl groups is 3. The Labute approximate surface area is 200 Å². The molecular formula is C19H21IN6O5S. The van der Waals surface area contributed by atoms with Crippen molar-refractivity contribution in [1.82, 2.24) is 24.8 Å². The summed E-state index contributed by atoms with van der Waals surface area (Å²) in [5.74, 6) is 0.518. The molecule has 2 aromatic heterocycles. The molecule has 4 rings (SSSR count). The Balaban J connectivity index is 1.65. The summed E-state index contributed by atoms with van der Waals surface area (Å²) in [7, 11) is 0. The Morgan fingerprint density at radius 1 is 1.34 bits per heavy atom. The molecule has 1 aliphatic rings. The maximum absolute atomic E-state index is 10.6. The second-order valence-electron chi connectivity index (χ2n) is 7.07. The number of aromatic nitrogens is 4. The van der Waals surface area contributed by atoms with Gasteiger partial charge in [0.15, 0.2) is 34.6 Å². The van der Waals surface area contributed by atoms with Gasteiger partial charge in [-0.05, 0) is 46.5 Å². The number of nitrogens with zero attached hydrogens (tertiary/aromatic N) is 4. The van der Waals surface area contributed by atoms with Crippen molar-refractivity contribution in [3.63, 3.8) is 0 Å². The third-order valence-electron chi connectivity index (χ3n) is 5.03. The fraction of sp³-hybridized carbons (Fsp3) is 0.368. The van der Waals surface area contributed by atoms with Gasteiger partial charge in [0.25, 0.3) is 0 Å². The first-order valence-electron chi connectivity index (χ1n) is 9.59. The van der Waals surface area contributed by atoms with Crippen molar-refractivity contribution < 1.29 is 24.9 Å². The van der Waals surface area contributed by atoms with E-state index in [4.69, 9.17) is 4.74 Å². The molecule has 0 aliphatic carbocycles. The number of hydrogen-bond donors (Lipinski definition) is 5. The van der Waals surface area contributed by atoms with Crippen molar-refractivity contribution in [2.24, 2.45) is 0 Å². The molecule has 0 bridgehead atoms. The van der Waals surface area contributed by atoms with E-state index >= 15 is 0 Å². The van der Waals surface area contributed by atoms with Crippen LogP contribution in [0.25, 0.3) is 11.2 Å². The number of carbonyl (C=O) groups excluding carboxylic acids is 1. The van der Waals surface area contributed by atoms with Gasteiger partial charge in [-0.3, -0.25) is 9.36 Å². The number of fused-ring (bicyclic) bond motifs is 1. The van der Waals surface area contributed by atoms with Crippen LogP contribution in [0, 0.1) is 3.57 Å². The third-order valence-corrected chi connectivity index (χ3v) is 6.25. The lowest BCUT2D eigenvalue weighted by Crippen LogP contribution is -2.46. The van der Waals surface area contributed by atoms with E-state index in [1.165, 1.54) is 22.7 Å². The van der Waals surface area contributed by atoms with E-state index in [0.29, 0.717) is 28.7 Å². The minimum absolute atomic E-state index is 0.288. The molecule has 0 radical (unpaired) electrons. The Morgan fingerprint density at radius 3 is 2.88 bits per heavy atom. The van der Waals surface area contributed by atoms with Crippen LogP contribution in [-0.4, -0.2) is 72.0 Å². The monoisotopic (exact) mass is 572 g/mol. The molecule has 1 fully saturated rings. The molecule has 1 aliphatic heterocycles. The van der Waals surface area contributed by atoms with Gasteiger partial charge in [0, 0.05) is 10.1 Å². The normalized spacial score (nSPS) is 23.9. The van der Waals surface area contributed by atoms with E-state index in [1.807, 2.05) is 24.5 Å². The van der Waals surface area contributed by atoms with E-state index < -0.39 is 30.8 Å². The zero-order chi connectivity index (χ0) is 22.8. The lowest BCUT2D eigenvalue weighted by molar-refractivity contribution is -0.122. The van der Waals surface area contributed by atoms with Crippen molar-refractivity contribution in [3.8, 4) is 0 Å². The quantitative estimate of drug-likeness (QED) is 0.0845. The molecule has 0 saturated carbocycles. The maximum Gasteiger partial charge on any atom is 0.209 e. The van der Waals surface area contributed by atoms with E-state index in [2.05, 4.69) is 54.2 Å². The number of hydrogen-bond acceptors (Lipinski definition) is 10. The van der Waals surface area contributed by atoms with Crippen LogP contribution in [0.3, 0.4) is 0 Å². The number of benzene rings is 1. The van der Waals surface area contributed by atoms with E-state index in [0.717, 1.165) is 9.13 Å². The number of anilines is 1. The first-order chi connectivity index (χ1) is 15.4. The van der Waals surface area contributed by atoms with Crippen molar-refractivity contribution in [2.75, 3.05) is 11.6 Å². The summed E-state index contributed by atoms with van der Waals surface area (Å²) in [4.78, 5) is 24.0. The predicted molar refractivity (Wildman–Crippen MR) is 125 cm³/mol. The molecular weight excluding hydrogens is 551 g/mol. The Kier molecular flexibility index (Phi) is 7.11. The lowest BCUT2D eigenvalue weighted by Gasteiger charge is -2.20. The molecule has 0 spiro atoms. The molecule has 3 aromatic rings. The highest BCUT2D eigenvalue weighted by Crippen LogP contribution is 2.34. The van der Waals surface area contributed by atoms with Crippen molar-refractivity contribution >= 4 is 57.7 Å². The molecule has 11 nitrogen and oxygen atoms in total. The first kappa shape index (κ1) is 23.1. The van der Waals surface area contributed by atoms with Crippen molar-refractivity contribution in [1.29, 1.82) is 0 Å². The fourth-order valence-corrected chi connectivity index (χ4v) is 4.44. The SMILES string of the molecule is CSc1nc(NCc2cccc(I)c2)c2ncn([C@@H]3O[C@H](C(O)NC=O)[C@@H](O)[C@H]3O)c2n1. The van der Waals surface area contributed by atoms with Gasteiger partial charge in [-0.15, -0.1) is 0 Å². The Morgan fingerprint density at radius 2 is 2.16 bits per heavy atom. The number of rotatable bonds is 8. The van der Waals surface area contributed by atoms with E-state index in [-0.39, 0.29) is 6.41 Å². The highest BCUT2D eigenvalue weighted by molar-refractivity contribution is 14.1. The van der Waals surface area contributed by atoms with Gasteiger partial charge in [-0.25, -0.2) is 15.0 Å². The summed E-state index contributed by atoms with van der Waals surface area (Å²) in [5.41, 5.74) is 1.93. The van der Waals surface area contributed by atoms with Gasteiger partial charge in [0.1, 0.15) is 18.3 Å². The van der Waals surface area contributed by atoms with Crippen LogP contribution in [0.1, 0.15) is 11.8 Å². The first-order valence-corrected chi connectivity index (χ1v) is 11.9. The third kappa shape index (κ3) is 4.53. The lowest BCUT2D eigenvalue weighted by atomic mass is 10.1. The van der Waals surface area contributed by atoms with Gasteiger partial charge in [0.2, 0.25) is 6.41 Å². The van der Waals surface area contributed by atoms with E-state index in [1.54, 1.807) is 0 Å². The summed E-state index contributed by atoms with van der Waals surface area (Å²) in [6, 6.07) is 8.05. The Hall–Kier alpha value is -2.04. The van der Waals surface area contributed by atoms with Crippen molar-refractivity contribution in [2.45, 2.75) is 42.5 Å². The molecule has 13 heteroatoms. The average molecular weight is 572 g/mol. The summed E-state index contributed by atoms with van der Waals surface area (Å²) in [5, 5.41) is 36.7. The van der Waals surface area contributed by atoms with Crippen LogP contribution < -0.4 is 10.6 Å². The number of nitrogens with one attached hydrogen (secondary N) is 2. The van der Waals surface area contributed by atoms with Crippen LogP contribution in [0.5, 0.6) is 0 Å². The summed E-state index contributed by atoms with van der Waals surface area (Å²) in [6.45, 7) is 0.524. The number of ether oxygens (including phenoxy) is 1. The number of thioether (sulfide) groups is 1. The fourth-order valence-electron chi connectivity index (χ4n) is 3.47. The molecule has 1 saturated heterocycles. The van der Waals surface area contributed by atoms with Gasteiger partial charge in [0.05, 0.1) is 6.33 Å². The number of amides is 1. The zero-order valence-corrected chi connectivity index (χ0v) is 19.8. The van der Waals surface area contributed by atoms with Crippen LogP contribution >= 0.6 is 34.4 Å². The summed E-state index contributed by atoms with van der Waals surface area (Å²) >= 11 is 3.60. The second kappa shape index (κ2) is 9.84. The van der Waals surface area contributed by atoms with Crippen molar-refractivity contribution in [3.05, 3.63) is 39.7 Å². The molecule has 5 N–H and O–H groups in total. The standard InChI is InChI=1S/C19H21IN6O5S/c1-32-19-24-15(21-6-9-3-2-4-10(20)5-9)11-16(25-19)26(7-22-11)18-13(29)12(28)14(31-18)17(30)23-8-27/h2-5,7-8,12-14,17-18,28-30H,6H2,1H3,(H,23,27)(H,21,24,25)/t12-,13+,14-,17?,18+/m0/s1. The van der Waals surface area contributed by atoms with Gasteiger partial charge in [-0.2, -0.15) is 0 Å². The Bertz CT molecular complexity index is 1120. The minimum Gasteiger partial charge on any atom is -0.387 e. The number of imidazole rings is 1. The second-order valence-corrected chi connectivity index (χ2v) is 9.09. The molecule has 32 heavy (non-hydrogen) atoms. The highest BCUT2D eigenvalue weighted by atomic mass is 127. The molecule has 1 unspecified atom stereocenters. The minimum atomic E-state index is -1.49. The van der Waals surface area contributed by atoms with Crippen LogP contribution in [0.15, 0.2) is 35.7 Å². The van der Waals surface area contributed by atoms with Gasteiger partial charge >= 0.3 is 0 Å². The average Bonchev–Trinajstić information content (AvgIpc) is 3.33. The molecule has 5 atom stereocenters. The zero-order valence-electron chi connectivity index (χ0n) is 16.8.